The fourth-order valence-electron chi connectivity index (χ4n) is 4.89. The summed E-state index contributed by atoms with van der Waals surface area (Å²) < 4.78 is 0. The van der Waals surface area contributed by atoms with Crippen LogP contribution in [0.25, 0.3) is 33.5 Å². The van der Waals surface area contributed by atoms with Crippen LogP contribution in [0.3, 0.4) is 0 Å². The minimum absolute atomic E-state index is 0.0384. The van der Waals surface area contributed by atoms with Gasteiger partial charge in [-0.15, -0.1) is 0 Å². The fourth-order valence-corrected chi connectivity index (χ4v) is 4.89. The van der Waals surface area contributed by atoms with Crippen LogP contribution in [0.4, 0.5) is 11.4 Å². The first-order chi connectivity index (χ1) is 16.6. The van der Waals surface area contributed by atoms with E-state index in [1.165, 1.54) is 0 Å². The molecule has 6 N–H and O–H groups in total. The van der Waals surface area contributed by atoms with Gasteiger partial charge in [0, 0.05) is 22.4 Å². The average molecular weight is 470 g/mol. The first-order valence-corrected chi connectivity index (χ1v) is 11.5. The second-order valence-corrected chi connectivity index (χ2v) is 9.92. The van der Waals surface area contributed by atoms with Gasteiger partial charge in [-0.1, -0.05) is 32.0 Å². The molecule has 5 rings (SSSR count). The zero-order valence-corrected chi connectivity index (χ0v) is 19.8. The van der Waals surface area contributed by atoms with Crippen LogP contribution < -0.4 is 16.8 Å². The summed E-state index contributed by atoms with van der Waals surface area (Å²) in [5.41, 5.74) is 16.2. The molecule has 9 nitrogen and oxygen atoms in total. The van der Waals surface area contributed by atoms with Crippen LogP contribution in [0.2, 0.25) is 0 Å². The molecular weight excluding hydrogens is 442 g/mol. The highest BCUT2D eigenvalue weighted by Crippen LogP contribution is 2.45. The first kappa shape index (κ1) is 22.5. The molecule has 0 atom stereocenters. The lowest BCUT2D eigenvalue weighted by molar-refractivity contribution is -0.126. The lowest BCUT2D eigenvalue weighted by Crippen LogP contribution is -2.39. The molecule has 2 heterocycles. The van der Waals surface area contributed by atoms with Crippen LogP contribution >= 0.6 is 0 Å². The van der Waals surface area contributed by atoms with Gasteiger partial charge in [-0.3, -0.25) is 14.7 Å². The molecule has 1 fully saturated rings. The number of para-hydroxylation sites is 1. The zero-order chi connectivity index (χ0) is 24.9. The number of nitrogens with two attached hydrogens (primary N) is 2. The Morgan fingerprint density at radius 3 is 2.57 bits per heavy atom. The lowest BCUT2D eigenvalue weighted by Gasteiger charge is -2.41. The highest BCUT2D eigenvalue weighted by molar-refractivity contribution is 6.04. The van der Waals surface area contributed by atoms with Crippen LogP contribution in [0.15, 0.2) is 42.6 Å². The normalized spacial score (nSPS) is 15.1. The van der Waals surface area contributed by atoms with E-state index in [0.717, 1.165) is 34.9 Å². The zero-order valence-electron chi connectivity index (χ0n) is 19.8. The number of fused-ring (bicyclic) bond motifs is 1. The minimum atomic E-state index is -0.761. The number of nitrogen functional groups attached to an aromatic ring is 1. The SMILES string of the molecule is Cc1ccc2[nH]ncc2c1-c1nc(-c2ccccc2NC(=O)C2CC(C)(C)C2)nc(C(N)=O)c1N. The third-order valence-electron chi connectivity index (χ3n) is 6.64. The van der Waals surface area contributed by atoms with Crippen molar-refractivity contribution in [2.75, 3.05) is 11.1 Å². The third kappa shape index (κ3) is 3.99. The molecule has 1 saturated carbocycles. The molecule has 2 aromatic heterocycles. The number of primary amides is 1. The lowest BCUT2D eigenvalue weighted by atomic mass is 9.64. The Morgan fingerprint density at radius 2 is 1.86 bits per heavy atom. The maximum absolute atomic E-state index is 12.9. The second-order valence-electron chi connectivity index (χ2n) is 9.92. The smallest absolute Gasteiger partial charge is 0.269 e. The summed E-state index contributed by atoms with van der Waals surface area (Å²) in [6, 6.07) is 11.1. The number of carbonyl (C=O) groups is 2. The van der Waals surface area contributed by atoms with Crippen molar-refractivity contribution in [2.45, 2.75) is 33.6 Å². The average Bonchev–Trinajstić information content (AvgIpc) is 3.27. The van der Waals surface area contributed by atoms with E-state index in [2.05, 4.69) is 34.3 Å². The fraction of sp³-hybridized carbons (Fsp3) is 0.269. The van der Waals surface area contributed by atoms with E-state index in [9.17, 15) is 9.59 Å². The van der Waals surface area contributed by atoms with Gasteiger partial charge in [-0.25, -0.2) is 9.97 Å². The Hall–Kier alpha value is -4.27. The molecule has 1 aliphatic carbocycles. The molecule has 0 aliphatic heterocycles. The summed E-state index contributed by atoms with van der Waals surface area (Å²) in [5, 5.41) is 10.9. The van der Waals surface area contributed by atoms with Crippen molar-refractivity contribution in [3.63, 3.8) is 0 Å². The van der Waals surface area contributed by atoms with Crippen LogP contribution in [-0.2, 0) is 4.79 Å². The number of H-pyrrole nitrogens is 1. The van der Waals surface area contributed by atoms with Gasteiger partial charge in [0.15, 0.2) is 11.5 Å². The molecule has 2 amide bonds. The molecule has 1 aliphatic rings. The largest absolute Gasteiger partial charge is 0.395 e. The van der Waals surface area contributed by atoms with Crippen molar-refractivity contribution in [2.24, 2.45) is 17.1 Å². The topological polar surface area (TPSA) is 153 Å². The minimum Gasteiger partial charge on any atom is -0.395 e. The van der Waals surface area contributed by atoms with E-state index in [4.69, 9.17) is 16.5 Å². The predicted molar refractivity (Wildman–Crippen MR) is 135 cm³/mol. The molecule has 0 radical (unpaired) electrons. The highest BCUT2D eigenvalue weighted by atomic mass is 16.2. The van der Waals surface area contributed by atoms with Gasteiger partial charge in [0.25, 0.3) is 5.91 Å². The van der Waals surface area contributed by atoms with E-state index in [1.54, 1.807) is 18.3 Å². The van der Waals surface area contributed by atoms with Crippen LogP contribution in [0, 0.1) is 18.3 Å². The van der Waals surface area contributed by atoms with E-state index >= 15 is 0 Å². The number of nitrogens with one attached hydrogen (secondary N) is 2. The number of aryl methyl sites for hydroxylation is 1. The Labute approximate surface area is 202 Å². The Bertz CT molecular complexity index is 1480. The van der Waals surface area contributed by atoms with Gasteiger partial charge in [-0.2, -0.15) is 5.10 Å². The van der Waals surface area contributed by atoms with Crippen molar-refractivity contribution in [3.8, 4) is 22.6 Å². The number of nitrogens with zero attached hydrogens (tertiary/aromatic N) is 3. The van der Waals surface area contributed by atoms with Crippen molar-refractivity contribution >= 4 is 34.1 Å². The number of amides is 2. The summed E-state index contributed by atoms with van der Waals surface area (Å²) in [4.78, 5) is 34.4. The molecule has 0 saturated heterocycles. The van der Waals surface area contributed by atoms with Gasteiger partial charge in [0.05, 0.1) is 28.8 Å². The van der Waals surface area contributed by atoms with Crippen LogP contribution in [0.1, 0.15) is 42.7 Å². The van der Waals surface area contributed by atoms with Gasteiger partial charge in [0.1, 0.15) is 0 Å². The van der Waals surface area contributed by atoms with Crippen molar-refractivity contribution in [3.05, 3.63) is 53.9 Å². The van der Waals surface area contributed by atoms with E-state index in [0.29, 0.717) is 16.9 Å². The monoisotopic (exact) mass is 469 g/mol. The van der Waals surface area contributed by atoms with Crippen LogP contribution in [0.5, 0.6) is 0 Å². The Morgan fingerprint density at radius 1 is 1.11 bits per heavy atom. The quantitative estimate of drug-likeness (QED) is 0.346. The number of aromatic nitrogens is 4. The van der Waals surface area contributed by atoms with E-state index in [-0.39, 0.29) is 34.4 Å². The second kappa shape index (κ2) is 8.19. The summed E-state index contributed by atoms with van der Waals surface area (Å²) in [5.74, 6) is -0.597. The van der Waals surface area contributed by atoms with Crippen molar-refractivity contribution in [1.82, 2.24) is 20.2 Å². The maximum atomic E-state index is 12.9. The predicted octanol–water partition coefficient (Wildman–Crippen LogP) is 4.05. The Kier molecular flexibility index (Phi) is 5.27. The van der Waals surface area contributed by atoms with Crippen LogP contribution in [-0.4, -0.2) is 32.0 Å². The van der Waals surface area contributed by atoms with Gasteiger partial charge in [-0.05, 0) is 48.9 Å². The number of anilines is 2. The van der Waals surface area contributed by atoms with Gasteiger partial charge < -0.3 is 16.8 Å². The van der Waals surface area contributed by atoms with Crippen molar-refractivity contribution in [1.29, 1.82) is 0 Å². The standard InChI is InChI=1S/C26H27N7O2/c1-13-8-9-18-16(12-29-33-18)19(13)21-20(27)22(23(28)34)32-24(31-21)15-6-4-5-7-17(15)30-25(35)14-10-26(2,3)11-14/h4-9,12,14H,10-11,27H2,1-3H3,(H2,28,34)(H,29,33)(H,30,35). The molecule has 4 aromatic rings. The number of hydrogen-bond donors (Lipinski definition) is 4. The summed E-state index contributed by atoms with van der Waals surface area (Å²) in [6.07, 6.45) is 3.36. The Balaban J connectivity index is 1.64. The highest BCUT2D eigenvalue weighted by Gasteiger charge is 2.40. The summed E-state index contributed by atoms with van der Waals surface area (Å²) in [7, 11) is 0. The number of carbonyl (C=O) groups excluding carboxylic acids is 2. The summed E-state index contributed by atoms with van der Waals surface area (Å²) >= 11 is 0. The number of aromatic amines is 1. The molecule has 178 valence electrons. The molecule has 0 bridgehead atoms. The number of rotatable bonds is 5. The van der Waals surface area contributed by atoms with Gasteiger partial charge in [0.2, 0.25) is 5.91 Å². The van der Waals surface area contributed by atoms with E-state index < -0.39 is 5.91 Å². The number of hydrogen-bond acceptors (Lipinski definition) is 6. The molecule has 35 heavy (non-hydrogen) atoms. The molecule has 2 aromatic carbocycles. The van der Waals surface area contributed by atoms with E-state index in [1.807, 2.05) is 31.2 Å². The summed E-state index contributed by atoms with van der Waals surface area (Å²) in [6.45, 7) is 6.24. The first-order valence-electron chi connectivity index (χ1n) is 11.5. The molecule has 9 heteroatoms. The molecular formula is C26H27N7O2. The molecule has 0 spiro atoms. The maximum Gasteiger partial charge on any atom is 0.269 e. The number of benzene rings is 2. The van der Waals surface area contributed by atoms with Gasteiger partial charge >= 0.3 is 0 Å². The van der Waals surface area contributed by atoms with Crippen molar-refractivity contribution < 1.29 is 9.59 Å². The molecule has 0 unspecified atom stereocenters. The third-order valence-corrected chi connectivity index (χ3v) is 6.64.